The number of carbonyl (C=O) groups excluding carboxylic acids is 1. The number of pyridine rings is 1. The Kier molecular flexibility index (Phi) is 5.54. The number of halogens is 1. The molecule has 0 unspecified atom stereocenters. The van der Waals surface area contributed by atoms with Crippen LogP contribution in [0.3, 0.4) is 0 Å². The molecule has 0 saturated carbocycles. The van der Waals surface area contributed by atoms with E-state index in [1.165, 1.54) is 17.4 Å². The van der Waals surface area contributed by atoms with Crippen LogP contribution in [-0.2, 0) is 4.79 Å². The third-order valence-electron chi connectivity index (χ3n) is 4.95. The molecule has 2 aromatic carbocycles. The lowest BCUT2D eigenvalue weighted by Crippen LogP contribution is -2.25. The molecule has 2 aromatic heterocycles. The molecule has 0 aliphatic carbocycles. The fraction of sp³-hybridized carbons (Fsp3) is 0.0833. The summed E-state index contributed by atoms with van der Waals surface area (Å²) >= 11 is 1.33. The largest absolute Gasteiger partial charge is 0.482 e. The number of benzene rings is 2. The van der Waals surface area contributed by atoms with E-state index in [9.17, 15) is 9.18 Å². The van der Waals surface area contributed by atoms with Gasteiger partial charge < -0.3 is 10.1 Å². The van der Waals surface area contributed by atoms with Crippen molar-refractivity contribution in [3.05, 3.63) is 88.6 Å². The smallest absolute Gasteiger partial charge is 0.262 e. The minimum atomic E-state index is -0.418. The molecule has 5 rings (SSSR count). The van der Waals surface area contributed by atoms with Gasteiger partial charge in [-0.2, -0.15) is 5.10 Å². The summed E-state index contributed by atoms with van der Waals surface area (Å²) in [6.07, 6.45) is 1.70. The summed E-state index contributed by atoms with van der Waals surface area (Å²) in [6.45, 7) is 1.84. The summed E-state index contributed by atoms with van der Waals surface area (Å²) in [5.74, 6) is -0.0280. The number of nitrogens with zero attached hydrogens (tertiary/aromatic N) is 4. The maximum Gasteiger partial charge on any atom is 0.262 e. The van der Waals surface area contributed by atoms with Gasteiger partial charge in [0.1, 0.15) is 17.3 Å². The Hall–Kier alpha value is -4.11. The molecule has 0 saturated heterocycles. The average Bonchev–Trinajstić information content (AvgIpc) is 3.22. The highest BCUT2D eigenvalue weighted by molar-refractivity contribution is 7.07. The first kappa shape index (κ1) is 20.8. The third-order valence-corrected chi connectivity index (χ3v) is 5.76. The van der Waals surface area contributed by atoms with Crippen LogP contribution < -0.4 is 14.9 Å². The highest BCUT2D eigenvalue weighted by Crippen LogP contribution is 2.33. The van der Waals surface area contributed by atoms with Crippen LogP contribution >= 0.6 is 11.3 Å². The number of fused-ring (bicyclic) bond motifs is 1. The molecular formula is C24H18FN5O2S. The second-order valence-electron chi connectivity index (χ2n) is 7.23. The lowest BCUT2D eigenvalue weighted by atomic mass is 10.1. The van der Waals surface area contributed by atoms with Crippen LogP contribution in [0.1, 0.15) is 12.6 Å². The Morgan fingerprint density at radius 1 is 1.18 bits per heavy atom. The monoisotopic (exact) mass is 459 g/mol. The van der Waals surface area contributed by atoms with Gasteiger partial charge in [-0.1, -0.05) is 18.2 Å². The number of anilines is 1. The molecule has 0 radical (unpaired) electrons. The minimum Gasteiger partial charge on any atom is -0.482 e. The molecule has 0 fully saturated rings. The van der Waals surface area contributed by atoms with E-state index in [4.69, 9.17) is 9.84 Å². The number of amides is 1. The fourth-order valence-electron chi connectivity index (χ4n) is 3.34. The summed E-state index contributed by atoms with van der Waals surface area (Å²) in [7, 11) is 0. The van der Waals surface area contributed by atoms with Crippen LogP contribution in [-0.4, -0.2) is 27.9 Å². The Balaban J connectivity index is 1.68. The maximum atomic E-state index is 14.3. The first-order valence-corrected chi connectivity index (χ1v) is 11.0. The number of thiazole rings is 1. The van der Waals surface area contributed by atoms with E-state index in [2.05, 4.69) is 15.3 Å². The predicted octanol–water partition coefficient (Wildman–Crippen LogP) is 4.59. The molecule has 9 heteroatoms. The second-order valence-corrected chi connectivity index (χ2v) is 8.06. The quantitative estimate of drug-likeness (QED) is 0.454. The Morgan fingerprint density at radius 3 is 2.85 bits per heavy atom. The Labute approximate surface area is 192 Å². The van der Waals surface area contributed by atoms with E-state index in [0.29, 0.717) is 27.6 Å². The zero-order valence-electron chi connectivity index (χ0n) is 17.5. The zero-order valence-corrected chi connectivity index (χ0v) is 18.3. The van der Waals surface area contributed by atoms with Crippen molar-refractivity contribution in [2.24, 2.45) is 10.1 Å². The minimum absolute atomic E-state index is 0.00989. The first-order valence-electron chi connectivity index (χ1n) is 10.1. The van der Waals surface area contributed by atoms with E-state index in [1.807, 2.05) is 42.6 Å². The predicted molar refractivity (Wildman–Crippen MR) is 125 cm³/mol. The number of para-hydroxylation sites is 1. The maximum absolute atomic E-state index is 14.3. The van der Waals surface area contributed by atoms with Crippen LogP contribution in [0.25, 0.3) is 11.3 Å². The van der Waals surface area contributed by atoms with Crippen molar-refractivity contribution in [3.63, 3.8) is 0 Å². The summed E-state index contributed by atoms with van der Waals surface area (Å²) in [4.78, 5) is 21.1. The van der Waals surface area contributed by atoms with Crippen LogP contribution in [0, 0.1) is 5.82 Å². The molecule has 0 atom stereocenters. The first-order chi connectivity index (χ1) is 16.1. The normalized spacial score (nSPS) is 13.9. The van der Waals surface area contributed by atoms with Gasteiger partial charge in [0.25, 0.3) is 5.91 Å². The van der Waals surface area contributed by atoms with Gasteiger partial charge in [-0.05, 0) is 49.4 Å². The second kappa shape index (κ2) is 8.79. The standard InChI is InChI=1S/C24H18FN5O2S/c1-15(18-7-4-5-11-26-18)29-30-21(14-33-24(30)28-19-8-3-2-6-17(19)25)16-9-10-22-20(12-16)27-23(31)13-32-22/h2-12,14H,13H2,1H3,(H,27,31). The number of rotatable bonds is 4. The molecule has 1 amide bonds. The van der Waals surface area contributed by atoms with Crippen molar-refractivity contribution in [1.82, 2.24) is 9.66 Å². The molecule has 3 heterocycles. The summed E-state index contributed by atoms with van der Waals surface area (Å²) in [6, 6.07) is 17.4. The van der Waals surface area contributed by atoms with Crippen molar-refractivity contribution >= 4 is 34.3 Å². The molecule has 0 bridgehead atoms. The van der Waals surface area contributed by atoms with Crippen molar-refractivity contribution in [1.29, 1.82) is 0 Å². The Morgan fingerprint density at radius 2 is 2.03 bits per heavy atom. The number of nitrogens with one attached hydrogen (secondary N) is 1. The van der Waals surface area contributed by atoms with E-state index in [1.54, 1.807) is 35.1 Å². The topological polar surface area (TPSA) is 80.9 Å². The molecule has 1 aliphatic rings. The van der Waals surface area contributed by atoms with Crippen molar-refractivity contribution < 1.29 is 13.9 Å². The number of aromatic nitrogens is 2. The van der Waals surface area contributed by atoms with Crippen LogP contribution in [0.4, 0.5) is 15.8 Å². The molecule has 0 spiro atoms. The lowest BCUT2D eigenvalue weighted by molar-refractivity contribution is -0.118. The van der Waals surface area contributed by atoms with E-state index < -0.39 is 5.82 Å². The Bertz CT molecular complexity index is 1440. The highest BCUT2D eigenvalue weighted by atomic mass is 32.1. The summed E-state index contributed by atoms with van der Waals surface area (Å²) in [5.41, 5.74) is 3.71. The van der Waals surface area contributed by atoms with Crippen LogP contribution in [0.5, 0.6) is 5.75 Å². The van der Waals surface area contributed by atoms with Crippen molar-refractivity contribution in [2.45, 2.75) is 6.92 Å². The van der Waals surface area contributed by atoms with Crippen molar-refractivity contribution in [2.75, 3.05) is 11.9 Å². The molecule has 7 nitrogen and oxygen atoms in total. The van der Waals surface area contributed by atoms with Gasteiger partial charge >= 0.3 is 0 Å². The SMILES string of the molecule is CC(=Nn1c(-c2ccc3c(c2)NC(=O)CO3)csc1=Nc1ccccc1F)c1ccccn1. The highest BCUT2D eigenvalue weighted by Gasteiger charge is 2.18. The number of carbonyl (C=O) groups is 1. The van der Waals surface area contributed by atoms with Gasteiger partial charge in [-0.3, -0.25) is 9.78 Å². The van der Waals surface area contributed by atoms with Crippen LogP contribution in [0.15, 0.2) is 82.3 Å². The fourth-order valence-corrected chi connectivity index (χ4v) is 4.18. The lowest BCUT2D eigenvalue weighted by Gasteiger charge is -2.18. The zero-order chi connectivity index (χ0) is 22.8. The molecule has 164 valence electrons. The van der Waals surface area contributed by atoms with Gasteiger partial charge in [-0.15, -0.1) is 11.3 Å². The van der Waals surface area contributed by atoms with Gasteiger partial charge in [0.15, 0.2) is 6.61 Å². The number of ether oxygens (including phenoxy) is 1. The number of hydrogen-bond acceptors (Lipinski definition) is 6. The number of hydrogen-bond donors (Lipinski definition) is 1. The summed E-state index contributed by atoms with van der Waals surface area (Å²) in [5, 5.41) is 9.48. The molecule has 1 aliphatic heterocycles. The van der Waals surface area contributed by atoms with Gasteiger partial charge in [0.2, 0.25) is 4.80 Å². The average molecular weight is 460 g/mol. The van der Waals surface area contributed by atoms with Crippen molar-refractivity contribution in [3.8, 4) is 17.0 Å². The third kappa shape index (κ3) is 4.31. The van der Waals surface area contributed by atoms with E-state index in [0.717, 1.165) is 11.3 Å². The summed E-state index contributed by atoms with van der Waals surface area (Å²) < 4.78 is 21.4. The van der Waals surface area contributed by atoms with Gasteiger partial charge in [0, 0.05) is 17.1 Å². The van der Waals surface area contributed by atoms with Gasteiger partial charge in [0.05, 0.1) is 22.8 Å². The molecule has 33 heavy (non-hydrogen) atoms. The van der Waals surface area contributed by atoms with Gasteiger partial charge in [-0.25, -0.2) is 14.1 Å². The molecule has 4 aromatic rings. The van der Waals surface area contributed by atoms with Crippen LogP contribution in [0.2, 0.25) is 0 Å². The van der Waals surface area contributed by atoms with E-state index >= 15 is 0 Å². The molecular weight excluding hydrogens is 441 g/mol. The van der Waals surface area contributed by atoms with E-state index in [-0.39, 0.29) is 18.2 Å². The molecule has 1 N–H and O–H groups in total.